The van der Waals surface area contributed by atoms with Crippen LogP contribution in [-0.4, -0.2) is 41.9 Å². The van der Waals surface area contributed by atoms with Gasteiger partial charge in [-0.25, -0.2) is 4.68 Å². The average molecular weight is 337 g/mol. The molecule has 1 aliphatic rings. The van der Waals surface area contributed by atoms with E-state index in [9.17, 15) is 4.79 Å². The molecule has 1 saturated heterocycles. The molecule has 124 valence electrons. The molecule has 0 saturated carbocycles. The van der Waals surface area contributed by atoms with Crippen LogP contribution in [0.3, 0.4) is 0 Å². The van der Waals surface area contributed by atoms with Crippen LogP contribution in [0.2, 0.25) is 0 Å². The van der Waals surface area contributed by atoms with Crippen molar-refractivity contribution in [3.63, 3.8) is 0 Å². The maximum Gasteiger partial charge on any atom is 0.275 e. The molecular weight excluding hydrogens is 316 g/mol. The van der Waals surface area contributed by atoms with E-state index in [1.54, 1.807) is 10.9 Å². The van der Waals surface area contributed by atoms with Crippen LogP contribution in [0.5, 0.6) is 5.75 Å². The Hall–Kier alpha value is -2.05. The van der Waals surface area contributed by atoms with Crippen molar-refractivity contribution in [1.29, 1.82) is 0 Å². The van der Waals surface area contributed by atoms with Crippen molar-refractivity contribution in [2.75, 3.05) is 26.2 Å². The second kappa shape index (κ2) is 7.99. The molecule has 2 N–H and O–H groups in total. The summed E-state index contributed by atoms with van der Waals surface area (Å²) < 4.78 is 7.22. The fourth-order valence-electron chi connectivity index (χ4n) is 2.30. The number of carbonyl (C=O) groups excluding carboxylic acids is 1. The van der Waals surface area contributed by atoms with Crippen LogP contribution in [0.15, 0.2) is 36.5 Å². The summed E-state index contributed by atoms with van der Waals surface area (Å²) in [6.07, 6.45) is 1.75. The minimum Gasteiger partial charge on any atom is -0.490 e. The quantitative estimate of drug-likeness (QED) is 0.841. The molecule has 6 nitrogen and oxygen atoms in total. The maximum absolute atomic E-state index is 12.3. The van der Waals surface area contributed by atoms with E-state index >= 15 is 0 Å². The molecule has 1 aromatic heterocycles. The Kier molecular flexibility index (Phi) is 6.01. The number of para-hydroxylation sites is 1. The number of halogens is 1. The van der Waals surface area contributed by atoms with Gasteiger partial charge in [0, 0.05) is 25.6 Å². The molecular formula is C16H21ClN4O2. The van der Waals surface area contributed by atoms with E-state index in [4.69, 9.17) is 4.74 Å². The van der Waals surface area contributed by atoms with Crippen LogP contribution in [-0.2, 0) is 0 Å². The number of nitrogens with zero attached hydrogens (tertiary/aromatic N) is 2. The van der Waals surface area contributed by atoms with E-state index in [2.05, 4.69) is 15.7 Å². The van der Waals surface area contributed by atoms with Crippen molar-refractivity contribution in [1.82, 2.24) is 20.4 Å². The van der Waals surface area contributed by atoms with E-state index in [1.807, 2.05) is 37.3 Å². The molecule has 23 heavy (non-hydrogen) atoms. The van der Waals surface area contributed by atoms with Crippen molar-refractivity contribution >= 4 is 18.3 Å². The summed E-state index contributed by atoms with van der Waals surface area (Å²) in [6, 6.07) is 9.67. The Morgan fingerprint density at radius 3 is 2.74 bits per heavy atom. The van der Waals surface area contributed by atoms with E-state index in [0.29, 0.717) is 30.5 Å². The van der Waals surface area contributed by atoms with Gasteiger partial charge in [-0.1, -0.05) is 18.2 Å². The number of hydrogen-bond donors (Lipinski definition) is 2. The molecule has 0 spiro atoms. The summed E-state index contributed by atoms with van der Waals surface area (Å²) in [5, 5.41) is 10.5. The first kappa shape index (κ1) is 17.3. The second-order valence-electron chi connectivity index (χ2n) is 5.29. The predicted molar refractivity (Wildman–Crippen MR) is 90.7 cm³/mol. The fraction of sp³-hybridized carbons (Fsp3) is 0.375. The van der Waals surface area contributed by atoms with Gasteiger partial charge in [0.1, 0.15) is 0 Å². The molecule has 2 heterocycles. The summed E-state index contributed by atoms with van der Waals surface area (Å²) in [5.74, 6) is 0.830. The van der Waals surface area contributed by atoms with Crippen LogP contribution in [0.4, 0.5) is 0 Å². The third-order valence-corrected chi connectivity index (χ3v) is 3.63. The highest BCUT2D eigenvalue weighted by Crippen LogP contribution is 2.20. The maximum atomic E-state index is 12.3. The third kappa shape index (κ3) is 4.03. The number of benzene rings is 1. The molecule has 0 unspecified atom stereocenters. The highest BCUT2D eigenvalue weighted by atomic mass is 35.5. The van der Waals surface area contributed by atoms with E-state index in [0.717, 1.165) is 18.8 Å². The molecule has 0 bridgehead atoms. The Balaban J connectivity index is 0.00000192. The molecule has 0 atom stereocenters. The Morgan fingerprint density at radius 1 is 1.39 bits per heavy atom. The van der Waals surface area contributed by atoms with Gasteiger partial charge in [-0.2, -0.15) is 5.10 Å². The van der Waals surface area contributed by atoms with Gasteiger partial charge in [0.05, 0.1) is 18.5 Å². The molecule has 1 fully saturated rings. The van der Waals surface area contributed by atoms with E-state index < -0.39 is 0 Å². The summed E-state index contributed by atoms with van der Waals surface area (Å²) >= 11 is 0. The lowest BCUT2D eigenvalue weighted by Crippen LogP contribution is -2.48. The lowest BCUT2D eigenvalue weighted by molar-refractivity contribution is 0.0933. The summed E-state index contributed by atoms with van der Waals surface area (Å²) in [6.45, 7) is 4.96. The zero-order chi connectivity index (χ0) is 15.4. The minimum absolute atomic E-state index is 0. The SMILES string of the molecule is CCOc1cn(-c2ccccc2)nc1C(=O)NCC1CNC1.Cl. The van der Waals surface area contributed by atoms with Gasteiger partial charge in [0.25, 0.3) is 5.91 Å². The summed E-state index contributed by atoms with van der Waals surface area (Å²) in [5.41, 5.74) is 1.23. The van der Waals surface area contributed by atoms with E-state index in [1.165, 1.54) is 0 Å². The van der Waals surface area contributed by atoms with Crippen LogP contribution in [0, 0.1) is 5.92 Å². The molecule has 3 rings (SSSR count). The van der Waals surface area contributed by atoms with E-state index in [-0.39, 0.29) is 18.3 Å². The van der Waals surface area contributed by atoms with Gasteiger partial charge >= 0.3 is 0 Å². The first-order valence-corrected chi connectivity index (χ1v) is 7.54. The minimum atomic E-state index is -0.190. The van der Waals surface area contributed by atoms with Gasteiger partial charge in [0.2, 0.25) is 0 Å². The zero-order valence-electron chi connectivity index (χ0n) is 13.0. The first-order chi connectivity index (χ1) is 10.8. The summed E-state index contributed by atoms with van der Waals surface area (Å²) in [4.78, 5) is 12.3. The van der Waals surface area contributed by atoms with Gasteiger partial charge in [0.15, 0.2) is 11.4 Å². The number of carbonyl (C=O) groups is 1. The number of amides is 1. The fourth-order valence-corrected chi connectivity index (χ4v) is 2.30. The largest absolute Gasteiger partial charge is 0.490 e. The molecule has 1 aromatic carbocycles. The van der Waals surface area contributed by atoms with Crippen LogP contribution >= 0.6 is 12.4 Å². The molecule has 2 aromatic rings. The Bertz CT molecular complexity index is 641. The number of nitrogens with one attached hydrogen (secondary N) is 2. The molecule has 7 heteroatoms. The summed E-state index contributed by atoms with van der Waals surface area (Å²) in [7, 11) is 0. The van der Waals surface area contributed by atoms with Crippen molar-refractivity contribution < 1.29 is 9.53 Å². The number of aromatic nitrogens is 2. The number of ether oxygens (including phenoxy) is 1. The zero-order valence-corrected chi connectivity index (χ0v) is 13.8. The molecule has 0 radical (unpaired) electrons. The highest BCUT2D eigenvalue weighted by molar-refractivity contribution is 5.95. The van der Waals surface area contributed by atoms with Crippen LogP contribution in [0.1, 0.15) is 17.4 Å². The normalized spacial score (nSPS) is 13.8. The van der Waals surface area contributed by atoms with Crippen LogP contribution in [0.25, 0.3) is 5.69 Å². The monoisotopic (exact) mass is 336 g/mol. The van der Waals surface area contributed by atoms with Gasteiger partial charge in [-0.15, -0.1) is 12.4 Å². The second-order valence-corrected chi connectivity index (χ2v) is 5.29. The number of rotatable bonds is 6. The lowest BCUT2D eigenvalue weighted by Gasteiger charge is -2.26. The molecule has 1 amide bonds. The van der Waals surface area contributed by atoms with Crippen molar-refractivity contribution in [2.45, 2.75) is 6.92 Å². The van der Waals surface area contributed by atoms with Crippen LogP contribution < -0.4 is 15.4 Å². The highest BCUT2D eigenvalue weighted by Gasteiger charge is 2.22. The average Bonchev–Trinajstić information content (AvgIpc) is 2.91. The van der Waals surface area contributed by atoms with Gasteiger partial charge in [-0.05, 0) is 19.1 Å². The first-order valence-electron chi connectivity index (χ1n) is 7.54. The van der Waals surface area contributed by atoms with Gasteiger partial charge in [-0.3, -0.25) is 4.79 Å². The predicted octanol–water partition coefficient (Wildman–Crippen LogP) is 1.64. The lowest BCUT2D eigenvalue weighted by atomic mass is 10.0. The molecule has 0 aliphatic carbocycles. The Morgan fingerprint density at radius 2 is 2.13 bits per heavy atom. The van der Waals surface area contributed by atoms with Crippen molar-refractivity contribution in [3.8, 4) is 11.4 Å². The van der Waals surface area contributed by atoms with Crippen molar-refractivity contribution in [2.24, 2.45) is 5.92 Å². The third-order valence-electron chi connectivity index (χ3n) is 3.63. The topological polar surface area (TPSA) is 68.2 Å². The standard InChI is InChI=1S/C16H20N4O2.ClH/c1-2-22-14-11-20(13-6-4-3-5-7-13)19-15(14)16(21)18-10-12-8-17-9-12;/h3-7,11-12,17H,2,8-10H2,1H3,(H,18,21);1H. The Labute approximate surface area is 141 Å². The molecule has 1 aliphatic heterocycles. The smallest absolute Gasteiger partial charge is 0.275 e. The van der Waals surface area contributed by atoms with Crippen molar-refractivity contribution in [3.05, 3.63) is 42.2 Å². The number of hydrogen-bond acceptors (Lipinski definition) is 4. The van der Waals surface area contributed by atoms with Gasteiger partial charge < -0.3 is 15.4 Å².